The van der Waals surface area contributed by atoms with Crippen LogP contribution < -0.4 is 5.73 Å². The van der Waals surface area contributed by atoms with Crippen LogP contribution in [0.2, 0.25) is 0 Å². The van der Waals surface area contributed by atoms with Gasteiger partial charge in [0.2, 0.25) is 0 Å². The molecule has 3 N–H and O–H groups in total. The lowest BCUT2D eigenvalue weighted by Gasteiger charge is -2.05. The molecule has 0 saturated heterocycles. The summed E-state index contributed by atoms with van der Waals surface area (Å²) in [6.45, 7) is 2.24. The Morgan fingerprint density at radius 1 is 1.00 bits per heavy atom. The van der Waals surface area contributed by atoms with Gasteiger partial charge in [0.1, 0.15) is 6.04 Å². The van der Waals surface area contributed by atoms with Gasteiger partial charge in [-0.2, -0.15) is 0 Å². The number of unbranched alkanes of at least 4 members (excludes halogenated alkanes) is 8. The standard InChI is InChI=1S/C16H31NO2/c1-2-3-4-5-6-7-8-9-10-11-12-13-14-15(17)16(18)19/h7-8,15H,2-6,9-14,17H2,1H3,(H,18,19). The highest BCUT2D eigenvalue weighted by molar-refractivity contribution is 5.72. The third-order valence-corrected chi connectivity index (χ3v) is 3.34. The van der Waals surface area contributed by atoms with Crippen LogP contribution in [-0.4, -0.2) is 17.1 Å². The predicted octanol–water partition coefficient (Wildman–Crippen LogP) is 4.27. The zero-order chi connectivity index (χ0) is 14.3. The summed E-state index contributed by atoms with van der Waals surface area (Å²) in [6, 6.07) is -0.678. The molecule has 0 amide bonds. The van der Waals surface area contributed by atoms with E-state index in [2.05, 4.69) is 19.1 Å². The summed E-state index contributed by atoms with van der Waals surface area (Å²) in [7, 11) is 0. The average Bonchev–Trinajstić information content (AvgIpc) is 2.39. The van der Waals surface area contributed by atoms with Crippen molar-refractivity contribution >= 4 is 5.97 Å². The zero-order valence-corrected chi connectivity index (χ0v) is 12.4. The van der Waals surface area contributed by atoms with Crippen LogP contribution in [0.5, 0.6) is 0 Å². The molecule has 0 heterocycles. The molecule has 0 aliphatic carbocycles. The first-order valence-electron chi connectivity index (χ1n) is 7.81. The number of allylic oxidation sites excluding steroid dienone is 2. The summed E-state index contributed by atoms with van der Waals surface area (Å²) in [5, 5.41) is 8.63. The summed E-state index contributed by atoms with van der Waals surface area (Å²) in [4.78, 5) is 10.5. The van der Waals surface area contributed by atoms with Gasteiger partial charge in [0.25, 0.3) is 0 Å². The molecule has 3 nitrogen and oxygen atoms in total. The lowest BCUT2D eigenvalue weighted by atomic mass is 10.1. The molecule has 0 aromatic heterocycles. The number of nitrogens with two attached hydrogens (primary N) is 1. The highest BCUT2D eigenvalue weighted by Gasteiger charge is 2.09. The monoisotopic (exact) mass is 269 g/mol. The van der Waals surface area contributed by atoms with Crippen molar-refractivity contribution in [2.24, 2.45) is 5.73 Å². The number of carboxylic acids is 1. The van der Waals surface area contributed by atoms with Crippen LogP contribution in [0.15, 0.2) is 12.2 Å². The molecule has 112 valence electrons. The van der Waals surface area contributed by atoms with Crippen LogP contribution in [-0.2, 0) is 4.79 Å². The van der Waals surface area contributed by atoms with Gasteiger partial charge in [-0.25, -0.2) is 0 Å². The van der Waals surface area contributed by atoms with Crippen molar-refractivity contribution in [3.63, 3.8) is 0 Å². The summed E-state index contributed by atoms with van der Waals surface area (Å²) < 4.78 is 0. The van der Waals surface area contributed by atoms with E-state index in [0.29, 0.717) is 6.42 Å². The van der Waals surface area contributed by atoms with Gasteiger partial charge in [0.15, 0.2) is 0 Å². The van der Waals surface area contributed by atoms with Crippen molar-refractivity contribution in [3.8, 4) is 0 Å². The molecule has 0 fully saturated rings. The Hall–Kier alpha value is -0.830. The van der Waals surface area contributed by atoms with Gasteiger partial charge in [-0.1, -0.05) is 57.6 Å². The fourth-order valence-electron chi connectivity index (χ4n) is 2.03. The van der Waals surface area contributed by atoms with Gasteiger partial charge < -0.3 is 10.8 Å². The molecule has 3 heteroatoms. The third kappa shape index (κ3) is 13.4. The first-order valence-corrected chi connectivity index (χ1v) is 7.81. The summed E-state index contributed by atoms with van der Waals surface area (Å²) in [5.74, 6) is -0.883. The Balaban J connectivity index is 3.18. The van der Waals surface area contributed by atoms with Crippen molar-refractivity contribution in [1.29, 1.82) is 0 Å². The number of rotatable bonds is 13. The molecule has 0 bridgehead atoms. The second-order valence-corrected chi connectivity index (χ2v) is 5.26. The molecule has 0 rings (SSSR count). The van der Waals surface area contributed by atoms with E-state index in [1.54, 1.807) is 0 Å². The Morgan fingerprint density at radius 2 is 1.53 bits per heavy atom. The Kier molecular flexibility index (Phi) is 13.0. The van der Waals surface area contributed by atoms with Crippen LogP contribution in [0.25, 0.3) is 0 Å². The van der Waals surface area contributed by atoms with Gasteiger partial charge in [-0.05, 0) is 32.1 Å². The Labute approximate surface area is 118 Å². The van der Waals surface area contributed by atoms with Crippen molar-refractivity contribution < 1.29 is 9.90 Å². The van der Waals surface area contributed by atoms with E-state index in [9.17, 15) is 4.79 Å². The smallest absolute Gasteiger partial charge is 0.320 e. The average molecular weight is 269 g/mol. The highest BCUT2D eigenvalue weighted by atomic mass is 16.4. The SMILES string of the molecule is CCCCCCC=CCCCCCCC(N)C(=O)O. The van der Waals surface area contributed by atoms with Crippen molar-refractivity contribution in [1.82, 2.24) is 0 Å². The molecule has 0 saturated carbocycles. The molecule has 1 atom stereocenters. The van der Waals surface area contributed by atoms with E-state index in [-0.39, 0.29) is 0 Å². The van der Waals surface area contributed by atoms with E-state index < -0.39 is 12.0 Å². The minimum absolute atomic E-state index is 0.600. The molecular formula is C16H31NO2. The largest absolute Gasteiger partial charge is 0.480 e. The number of hydrogen-bond acceptors (Lipinski definition) is 2. The summed E-state index contributed by atoms with van der Waals surface area (Å²) in [6.07, 6.45) is 17.3. The fraction of sp³-hybridized carbons (Fsp3) is 0.812. The van der Waals surface area contributed by atoms with Gasteiger partial charge in [-0.3, -0.25) is 4.79 Å². The minimum atomic E-state index is -0.883. The van der Waals surface area contributed by atoms with Crippen molar-refractivity contribution in [2.45, 2.75) is 83.6 Å². The normalized spacial score (nSPS) is 12.9. The first-order chi connectivity index (χ1) is 9.18. The molecular weight excluding hydrogens is 238 g/mol. The van der Waals surface area contributed by atoms with Crippen LogP contribution in [0.1, 0.15) is 77.6 Å². The Morgan fingerprint density at radius 3 is 2.05 bits per heavy atom. The van der Waals surface area contributed by atoms with E-state index in [0.717, 1.165) is 19.3 Å². The maximum atomic E-state index is 10.5. The number of aliphatic carboxylic acids is 1. The second-order valence-electron chi connectivity index (χ2n) is 5.26. The van der Waals surface area contributed by atoms with Gasteiger partial charge in [0, 0.05) is 0 Å². The van der Waals surface area contributed by atoms with E-state index in [1.165, 1.54) is 44.9 Å². The summed E-state index contributed by atoms with van der Waals surface area (Å²) in [5.41, 5.74) is 5.44. The van der Waals surface area contributed by atoms with Crippen LogP contribution >= 0.6 is 0 Å². The van der Waals surface area contributed by atoms with Gasteiger partial charge >= 0.3 is 5.97 Å². The maximum absolute atomic E-state index is 10.5. The lowest BCUT2D eigenvalue weighted by Crippen LogP contribution is -2.29. The topological polar surface area (TPSA) is 63.3 Å². The highest BCUT2D eigenvalue weighted by Crippen LogP contribution is 2.08. The second kappa shape index (κ2) is 13.6. The maximum Gasteiger partial charge on any atom is 0.320 e. The van der Waals surface area contributed by atoms with Crippen LogP contribution in [0, 0.1) is 0 Å². The zero-order valence-electron chi connectivity index (χ0n) is 12.4. The molecule has 0 aromatic carbocycles. The first kappa shape index (κ1) is 18.2. The van der Waals surface area contributed by atoms with Crippen LogP contribution in [0.3, 0.4) is 0 Å². The minimum Gasteiger partial charge on any atom is -0.480 e. The predicted molar refractivity (Wildman–Crippen MR) is 81.2 cm³/mol. The molecule has 0 aromatic rings. The van der Waals surface area contributed by atoms with Crippen molar-refractivity contribution in [3.05, 3.63) is 12.2 Å². The molecule has 0 aliphatic rings. The van der Waals surface area contributed by atoms with E-state index in [4.69, 9.17) is 10.8 Å². The molecule has 1 unspecified atom stereocenters. The van der Waals surface area contributed by atoms with Crippen molar-refractivity contribution in [2.75, 3.05) is 0 Å². The third-order valence-electron chi connectivity index (χ3n) is 3.34. The molecule has 0 spiro atoms. The number of carbonyl (C=O) groups is 1. The number of hydrogen-bond donors (Lipinski definition) is 2. The Bertz CT molecular complexity index is 239. The van der Waals surface area contributed by atoms with Crippen LogP contribution in [0.4, 0.5) is 0 Å². The quantitative estimate of drug-likeness (QED) is 0.388. The van der Waals surface area contributed by atoms with E-state index in [1.807, 2.05) is 0 Å². The lowest BCUT2D eigenvalue weighted by molar-refractivity contribution is -0.138. The molecule has 19 heavy (non-hydrogen) atoms. The number of carboxylic acid groups (broad SMARTS) is 1. The molecule has 0 radical (unpaired) electrons. The fourth-order valence-corrected chi connectivity index (χ4v) is 2.03. The summed E-state index contributed by atoms with van der Waals surface area (Å²) >= 11 is 0. The van der Waals surface area contributed by atoms with Gasteiger partial charge in [0.05, 0.1) is 0 Å². The molecule has 0 aliphatic heterocycles. The van der Waals surface area contributed by atoms with Gasteiger partial charge in [-0.15, -0.1) is 0 Å². The van der Waals surface area contributed by atoms with E-state index >= 15 is 0 Å².